The minimum atomic E-state index is -0.130. The normalized spacial score (nSPS) is 14.7. The highest BCUT2D eigenvalue weighted by Crippen LogP contribution is 2.30. The van der Waals surface area contributed by atoms with Gasteiger partial charge in [-0.2, -0.15) is 0 Å². The molecule has 2 aromatic heterocycles. The number of pyridine rings is 1. The highest BCUT2D eigenvalue weighted by atomic mass is 15.1. The van der Waals surface area contributed by atoms with E-state index in [1.807, 2.05) is 24.7 Å². The van der Waals surface area contributed by atoms with E-state index in [1.165, 1.54) is 0 Å². The minimum Gasteiger partial charge on any atom is -0.328 e. The lowest BCUT2D eigenvalue weighted by Crippen LogP contribution is -2.42. The molecule has 1 atom stereocenters. The topological polar surface area (TPSA) is 56.7 Å². The summed E-state index contributed by atoms with van der Waals surface area (Å²) in [5, 5.41) is 0. The molecule has 2 heterocycles. The van der Waals surface area contributed by atoms with Gasteiger partial charge in [0.1, 0.15) is 0 Å². The molecule has 4 heteroatoms. The Morgan fingerprint density at radius 1 is 1.28 bits per heavy atom. The van der Waals surface area contributed by atoms with Crippen molar-refractivity contribution in [2.75, 3.05) is 6.54 Å². The van der Waals surface area contributed by atoms with Gasteiger partial charge in [-0.25, -0.2) is 4.98 Å². The van der Waals surface area contributed by atoms with Gasteiger partial charge < -0.3 is 10.3 Å². The van der Waals surface area contributed by atoms with Crippen LogP contribution in [0.2, 0.25) is 0 Å². The summed E-state index contributed by atoms with van der Waals surface area (Å²) in [5.41, 5.74) is 8.05. The average molecular weight is 244 g/mol. The van der Waals surface area contributed by atoms with E-state index < -0.39 is 0 Å². The van der Waals surface area contributed by atoms with Gasteiger partial charge >= 0.3 is 0 Å². The van der Waals surface area contributed by atoms with Gasteiger partial charge in [0.05, 0.1) is 23.8 Å². The lowest BCUT2D eigenvalue weighted by atomic mass is 9.87. The maximum absolute atomic E-state index is 5.99. The van der Waals surface area contributed by atoms with Crippen molar-refractivity contribution in [2.45, 2.75) is 26.3 Å². The Balaban J connectivity index is 2.52. The van der Waals surface area contributed by atoms with Crippen molar-refractivity contribution < 1.29 is 0 Å². The highest BCUT2D eigenvalue weighted by Gasteiger charge is 2.30. The Bertz CT molecular complexity index is 504. The third kappa shape index (κ3) is 2.04. The molecule has 0 saturated heterocycles. The zero-order valence-corrected chi connectivity index (χ0v) is 11.2. The van der Waals surface area contributed by atoms with E-state index in [0.717, 1.165) is 11.3 Å². The predicted octanol–water partition coefficient (Wildman–Crippen LogP) is 2.28. The average Bonchev–Trinajstić information content (AvgIpc) is 2.88. The molecule has 96 valence electrons. The highest BCUT2D eigenvalue weighted by molar-refractivity contribution is 5.58. The van der Waals surface area contributed by atoms with Crippen LogP contribution in [0.4, 0.5) is 0 Å². The smallest absolute Gasteiger partial charge is 0.0956 e. The van der Waals surface area contributed by atoms with Gasteiger partial charge in [-0.1, -0.05) is 13.8 Å². The number of imidazole rings is 1. The van der Waals surface area contributed by atoms with Gasteiger partial charge in [-0.05, 0) is 25.0 Å². The third-order valence-electron chi connectivity index (χ3n) is 3.82. The van der Waals surface area contributed by atoms with Gasteiger partial charge in [-0.15, -0.1) is 0 Å². The Labute approximate surface area is 108 Å². The fourth-order valence-electron chi connectivity index (χ4n) is 2.05. The zero-order chi connectivity index (χ0) is 13.2. The van der Waals surface area contributed by atoms with E-state index in [4.69, 9.17) is 5.73 Å². The molecule has 0 saturated carbocycles. The maximum Gasteiger partial charge on any atom is 0.0956 e. The number of nitrogens with zero attached hydrogens (tertiary/aromatic N) is 3. The quantitative estimate of drug-likeness (QED) is 0.897. The van der Waals surface area contributed by atoms with Crippen molar-refractivity contribution in [3.05, 3.63) is 37.1 Å². The number of rotatable bonds is 4. The molecule has 0 radical (unpaired) electrons. The number of aromatic nitrogens is 3. The number of hydrogen-bond acceptors (Lipinski definition) is 3. The first kappa shape index (κ1) is 12.8. The zero-order valence-electron chi connectivity index (χ0n) is 11.2. The molecular formula is C14H20N4. The van der Waals surface area contributed by atoms with Gasteiger partial charge in [0, 0.05) is 24.5 Å². The van der Waals surface area contributed by atoms with Crippen molar-refractivity contribution in [2.24, 2.45) is 11.7 Å². The summed E-state index contributed by atoms with van der Waals surface area (Å²) in [6, 6.07) is 3.98. The van der Waals surface area contributed by atoms with Gasteiger partial charge in [-0.3, -0.25) is 4.98 Å². The molecule has 0 aliphatic heterocycles. The molecule has 1 unspecified atom stereocenters. The fourth-order valence-corrected chi connectivity index (χ4v) is 2.05. The van der Waals surface area contributed by atoms with Crippen LogP contribution in [0.1, 0.15) is 20.8 Å². The van der Waals surface area contributed by atoms with Crippen LogP contribution in [0, 0.1) is 5.92 Å². The molecule has 0 spiro atoms. The molecule has 2 N–H and O–H groups in total. The molecule has 0 amide bonds. The van der Waals surface area contributed by atoms with Gasteiger partial charge in [0.15, 0.2) is 0 Å². The van der Waals surface area contributed by atoms with Crippen LogP contribution in [0.3, 0.4) is 0 Å². The van der Waals surface area contributed by atoms with E-state index in [0.29, 0.717) is 12.5 Å². The lowest BCUT2D eigenvalue weighted by Gasteiger charge is -2.35. The standard InChI is InChI=1S/C14H20N4/c1-11(2)14(3,9-15)18-10-17-8-13(18)12-4-6-16-7-5-12/h4-8,10-11H,9,15H2,1-3H3. The summed E-state index contributed by atoms with van der Waals surface area (Å²) in [6.45, 7) is 7.12. The number of hydrogen-bond donors (Lipinski definition) is 1. The summed E-state index contributed by atoms with van der Waals surface area (Å²) in [5.74, 6) is 0.428. The second kappa shape index (κ2) is 4.90. The lowest BCUT2D eigenvalue weighted by molar-refractivity contribution is 0.233. The first-order valence-electron chi connectivity index (χ1n) is 6.23. The van der Waals surface area contributed by atoms with Crippen LogP contribution in [-0.2, 0) is 5.54 Å². The van der Waals surface area contributed by atoms with E-state index in [-0.39, 0.29) is 5.54 Å². The van der Waals surface area contributed by atoms with E-state index in [1.54, 1.807) is 12.4 Å². The first-order valence-corrected chi connectivity index (χ1v) is 6.23. The van der Waals surface area contributed by atoms with Gasteiger partial charge in [0.25, 0.3) is 0 Å². The summed E-state index contributed by atoms with van der Waals surface area (Å²) >= 11 is 0. The maximum atomic E-state index is 5.99. The van der Waals surface area contributed by atoms with Gasteiger partial charge in [0.2, 0.25) is 0 Å². The van der Waals surface area contributed by atoms with Crippen molar-refractivity contribution in [3.8, 4) is 11.3 Å². The Morgan fingerprint density at radius 3 is 2.50 bits per heavy atom. The monoisotopic (exact) mass is 244 g/mol. The molecule has 0 bridgehead atoms. The van der Waals surface area contributed by atoms with Crippen LogP contribution >= 0.6 is 0 Å². The second-order valence-electron chi connectivity index (χ2n) is 5.10. The fraction of sp³-hybridized carbons (Fsp3) is 0.429. The first-order chi connectivity index (χ1) is 8.59. The SMILES string of the molecule is CC(C)C(C)(CN)n1cncc1-c1ccncc1. The molecule has 4 nitrogen and oxygen atoms in total. The van der Waals surface area contributed by atoms with E-state index in [9.17, 15) is 0 Å². The summed E-state index contributed by atoms with van der Waals surface area (Å²) in [7, 11) is 0. The van der Waals surface area contributed by atoms with Crippen LogP contribution in [0.25, 0.3) is 11.3 Å². The number of nitrogens with two attached hydrogens (primary N) is 1. The van der Waals surface area contributed by atoms with E-state index >= 15 is 0 Å². The predicted molar refractivity (Wildman–Crippen MR) is 73.0 cm³/mol. The molecule has 18 heavy (non-hydrogen) atoms. The Kier molecular flexibility index (Phi) is 3.48. The molecule has 0 aromatic carbocycles. The Morgan fingerprint density at radius 2 is 1.94 bits per heavy atom. The molecule has 0 aliphatic carbocycles. The molecule has 2 aromatic rings. The summed E-state index contributed by atoms with van der Waals surface area (Å²) < 4.78 is 2.17. The Hall–Kier alpha value is -1.68. The van der Waals surface area contributed by atoms with Crippen LogP contribution in [-0.4, -0.2) is 21.1 Å². The minimum absolute atomic E-state index is 0.130. The van der Waals surface area contributed by atoms with Crippen LogP contribution in [0.5, 0.6) is 0 Å². The van der Waals surface area contributed by atoms with Crippen LogP contribution < -0.4 is 5.73 Å². The largest absolute Gasteiger partial charge is 0.328 e. The molecular weight excluding hydrogens is 224 g/mol. The van der Waals surface area contributed by atoms with Crippen LogP contribution in [0.15, 0.2) is 37.1 Å². The third-order valence-corrected chi connectivity index (χ3v) is 3.82. The molecule has 0 fully saturated rings. The second-order valence-corrected chi connectivity index (χ2v) is 5.10. The van der Waals surface area contributed by atoms with Crippen molar-refractivity contribution in [1.82, 2.24) is 14.5 Å². The summed E-state index contributed by atoms with van der Waals surface area (Å²) in [6.07, 6.45) is 7.33. The molecule has 0 aliphatic rings. The van der Waals surface area contributed by atoms with Crippen molar-refractivity contribution in [3.63, 3.8) is 0 Å². The van der Waals surface area contributed by atoms with Crippen molar-refractivity contribution in [1.29, 1.82) is 0 Å². The van der Waals surface area contributed by atoms with Crippen molar-refractivity contribution >= 4 is 0 Å². The van der Waals surface area contributed by atoms with E-state index in [2.05, 4.69) is 35.3 Å². The molecule has 2 rings (SSSR count). The summed E-state index contributed by atoms with van der Waals surface area (Å²) in [4.78, 5) is 8.33.